The van der Waals surface area contributed by atoms with Crippen molar-refractivity contribution in [3.63, 3.8) is 0 Å². The highest BCUT2D eigenvalue weighted by atomic mass is 35.5. The number of halogens is 1. The summed E-state index contributed by atoms with van der Waals surface area (Å²) in [5.74, 6) is 0.799. The minimum atomic E-state index is -0.593. The molecule has 1 atom stereocenters. The van der Waals surface area contributed by atoms with Crippen LogP contribution in [0.15, 0.2) is 24.3 Å². The molecule has 26 heavy (non-hydrogen) atoms. The Kier molecular flexibility index (Phi) is 6.41. The molecule has 2 heterocycles. The zero-order chi connectivity index (χ0) is 18.5. The van der Waals surface area contributed by atoms with Gasteiger partial charge in [-0.05, 0) is 51.2 Å². The van der Waals surface area contributed by atoms with Crippen molar-refractivity contribution in [3.05, 3.63) is 29.3 Å². The molecule has 0 aromatic heterocycles. The molecule has 1 aromatic carbocycles. The van der Waals surface area contributed by atoms with Crippen LogP contribution >= 0.6 is 11.6 Å². The molecule has 5 nitrogen and oxygen atoms in total. The molecule has 142 valence electrons. The van der Waals surface area contributed by atoms with Crippen molar-refractivity contribution in [2.75, 3.05) is 26.2 Å². The van der Waals surface area contributed by atoms with Gasteiger partial charge < -0.3 is 14.5 Å². The van der Waals surface area contributed by atoms with Crippen molar-refractivity contribution in [1.82, 2.24) is 9.80 Å². The van der Waals surface area contributed by atoms with E-state index in [1.165, 1.54) is 6.42 Å². The average molecular weight is 379 g/mol. The van der Waals surface area contributed by atoms with Crippen LogP contribution in [-0.2, 0) is 9.59 Å². The van der Waals surface area contributed by atoms with Gasteiger partial charge >= 0.3 is 0 Å². The molecule has 2 amide bonds. The van der Waals surface area contributed by atoms with Gasteiger partial charge in [-0.1, -0.05) is 23.7 Å². The van der Waals surface area contributed by atoms with Gasteiger partial charge in [-0.3, -0.25) is 9.59 Å². The summed E-state index contributed by atoms with van der Waals surface area (Å²) < 4.78 is 5.73. The largest absolute Gasteiger partial charge is 0.479 e. The lowest BCUT2D eigenvalue weighted by atomic mass is 9.94. The van der Waals surface area contributed by atoms with Crippen molar-refractivity contribution in [2.24, 2.45) is 5.92 Å². The normalized spacial score (nSPS) is 19.9. The van der Waals surface area contributed by atoms with Gasteiger partial charge in [0.15, 0.2) is 6.10 Å². The molecule has 0 spiro atoms. The van der Waals surface area contributed by atoms with E-state index in [1.54, 1.807) is 19.1 Å². The zero-order valence-corrected chi connectivity index (χ0v) is 16.1. The van der Waals surface area contributed by atoms with E-state index in [9.17, 15) is 9.59 Å². The maximum atomic E-state index is 12.7. The molecule has 1 aromatic rings. The van der Waals surface area contributed by atoms with E-state index in [-0.39, 0.29) is 17.7 Å². The topological polar surface area (TPSA) is 49.9 Å². The van der Waals surface area contributed by atoms with E-state index in [0.717, 1.165) is 38.8 Å². The summed E-state index contributed by atoms with van der Waals surface area (Å²) in [5.41, 5.74) is 0. The number of likely N-dealkylation sites (tertiary alicyclic amines) is 2. The Bertz CT molecular complexity index is 638. The number of benzene rings is 1. The fourth-order valence-electron chi connectivity index (χ4n) is 3.76. The first-order valence-electron chi connectivity index (χ1n) is 9.55. The molecular weight excluding hydrogens is 352 g/mol. The van der Waals surface area contributed by atoms with E-state index in [0.29, 0.717) is 23.9 Å². The number of nitrogens with zero attached hydrogens (tertiary/aromatic N) is 2. The fraction of sp³-hybridized carbons (Fsp3) is 0.600. The van der Waals surface area contributed by atoms with E-state index < -0.39 is 6.10 Å². The molecule has 2 aliphatic rings. The van der Waals surface area contributed by atoms with Crippen molar-refractivity contribution >= 4 is 23.4 Å². The second-order valence-corrected chi connectivity index (χ2v) is 7.58. The van der Waals surface area contributed by atoms with Crippen LogP contribution < -0.4 is 4.74 Å². The molecule has 2 saturated heterocycles. The molecule has 2 fully saturated rings. The molecule has 0 bridgehead atoms. The number of para-hydroxylation sites is 1. The summed E-state index contributed by atoms with van der Waals surface area (Å²) in [6, 6.07) is 7.16. The summed E-state index contributed by atoms with van der Waals surface area (Å²) in [4.78, 5) is 29.1. The Morgan fingerprint density at radius 1 is 1.04 bits per heavy atom. The number of carbonyl (C=O) groups is 2. The van der Waals surface area contributed by atoms with Crippen LogP contribution in [-0.4, -0.2) is 53.9 Å². The second-order valence-electron chi connectivity index (χ2n) is 7.18. The van der Waals surface area contributed by atoms with Gasteiger partial charge in [0.1, 0.15) is 5.75 Å². The van der Waals surface area contributed by atoms with E-state index >= 15 is 0 Å². The van der Waals surface area contributed by atoms with Gasteiger partial charge in [-0.15, -0.1) is 0 Å². The van der Waals surface area contributed by atoms with Crippen molar-refractivity contribution < 1.29 is 14.3 Å². The van der Waals surface area contributed by atoms with Crippen LogP contribution in [0.3, 0.4) is 0 Å². The van der Waals surface area contributed by atoms with Gasteiger partial charge in [-0.2, -0.15) is 0 Å². The number of amides is 2. The van der Waals surface area contributed by atoms with Crippen LogP contribution in [0.4, 0.5) is 0 Å². The number of ether oxygens (including phenoxy) is 1. The number of carbonyl (C=O) groups excluding carboxylic acids is 2. The van der Waals surface area contributed by atoms with Crippen molar-refractivity contribution in [1.29, 1.82) is 0 Å². The molecule has 0 aliphatic carbocycles. The highest BCUT2D eigenvalue weighted by Gasteiger charge is 2.32. The zero-order valence-electron chi connectivity index (χ0n) is 15.3. The lowest BCUT2D eigenvalue weighted by molar-refractivity contribution is -0.144. The molecule has 2 aliphatic heterocycles. The third kappa shape index (κ3) is 4.50. The molecule has 0 saturated carbocycles. The first-order chi connectivity index (χ1) is 12.6. The monoisotopic (exact) mass is 378 g/mol. The van der Waals surface area contributed by atoms with E-state index in [1.807, 2.05) is 21.9 Å². The number of hydrogen-bond donors (Lipinski definition) is 0. The molecule has 0 N–H and O–H groups in total. The number of piperidine rings is 2. The minimum absolute atomic E-state index is 0.0474. The van der Waals surface area contributed by atoms with Gasteiger partial charge in [0.25, 0.3) is 5.91 Å². The predicted molar refractivity (Wildman–Crippen MR) is 101 cm³/mol. The molecule has 1 unspecified atom stereocenters. The molecular formula is C20H27ClN2O3. The maximum Gasteiger partial charge on any atom is 0.263 e. The first kappa shape index (κ1) is 19.0. The Balaban J connectivity index is 1.50. The highest BCUT2D eigenvalue weighted by molar-refractivity contribution is 6.32. The first-order valence-corrected chi connectivity index (χ1v) is 9.93. The Morgan fingerprint density at radius 3 is 2.35 bits per heavy atom. The smallest absolute Gasteiger partial charge is 0.263 e. The van der Waals surface area contributed by atoms with Crippen LogP contribution in [0.25, 0.3) is 0 Å². The van der Waals surface area contributed by atoms with Gasteiger partial charge in [0.05, 0.1) is 5.02 Å². The Hall–Kier alpha value is -1.75. The maximum absolute atomic E-state index is 12.7. The van der Waals surface area contributed by atoms with Crippen LogP contribution in [0.2, 0.25) is 5.02 Å². The second kappa shape index (κ2) is 8.76. The molecule has 3 rings (SSSR count). The standard InChI is InChI=1S/C20H27ClN2O3/c1-15(26-18-8-4-3-7-17(18)21)19(24)23-13-9-16(10-14-23)20(25)22-11-5-2-6-12-22/h3-4,7-8,15-16H,2,5-6,9-14H2,1H3. The number of hydrogen-bond acceptors (Lipinski definition) is 3. The van der Waals surface area contributed by atoms with Gasteiger partial charge in [-0.25, -0.2) is 0 Å². The van der Waals surface area contributed by atoms with Crippen molar-refractivity contribution in [2.45, 2.75) is 45.1 Å². The summed E-state index contributed by atoms with van der Waals surface area (Å²) >= 11 is 6.09. The highest BCUT2D eigenvalue weighted by Crippen LogP contribution is 2.26. The lowest BCUT2D eigenvalue weighted by Gasteiger charge is -2.36. The van der Waals surface area contributed by atoms with Crippen LogP contribution in [0, 0.1) is 5.92 Å². The third-order valence-corrected chi connectivity index (χ3v) is 5.62. The van der Waals surface area contributed by atoms with E-state index in [4.69, 9.17) is 16.3 Å². The Labute approximate surface area is 160 Å². The van der Waals surface area contributed by atoms with Gasteiger partial charge in [0.2, 0.25) is 5.91 Å². The van der Waals surface area contributed by atoms with E-state index in [2.05, 4.69) is 0 Å². The summed E-state index contributed by atoms with van der Waals surface area (Å²) in [6.07, 6.45) is 4.32. The predicted octanol–water partition coefficient (Wildman–Crippen LogP) is 3.36. The number of rotatable bonds is 4. The fourth-order valence-corrected chi connectivity index (χ4v) is 3.94. The molecule has 6 heteroatoms. The summed E-state index contributed by atoms with van der Waals surface area (Å²) in [6.45, 7) is 4.75. The Morgan fingerprint density at radius 2 is 1.69 bits per heavy atom. The minimum Gasteiger partial charge on any atom is -0.479 e. The van der Waals surface area contributed by atoms with Crippen molar-refractivity contribution in [3.8, 4) is 5.75 Å². The lowest BCUT2D eigenvalue weighted by Crippen LogP contribution is -2.48. The summed E-state index contributed by atoms with van der Waals surface area (Å²) in [5, 5.41) is 0.498. The third-order valence-electron chi connectivity index (χ3n) is 5.31. The van der Waals surface area contributed by atoms with Gasteiger partial charge in [0, 0.05) is 32.1 Å². The summed E-state index contributed by atoms with van der Waals surface area (Å²) in [7, 11) is 0. The van der Waals surface area contributed by atoms with Crippen LogP contribution in [0.5, 0.6) is 5.75 Å². The quantitative estimate of drug-likeness (QED) is 0.807. The molecule has 0 radical (unpaired) electrons. The van der Waals surface area contributed by atoms with Crippen LogP contribution in [0.1, 0.15) is 39.0 Å². The average Bonchev–Trinajstić information content (AvgIpc) is 2.69. The SMILES string of the molecule is CC(Oc1ccccc1Cl)C(=O)N1CCC(C(=O)N2CCCCC2)CC1.